The Kier molecular flexibility index (Phi) is 5.27. The zero-order valence-electron chi connectivity index (χ0n) is 16.8. The topological polar surface area (TPSA) is 94.3 Å². The number of carbonyl (C=O) groups excluding carboxylic acids is 3. The van der Waals surface area contributed by atoms with Crippen LogP contribution in [0.4, 0.5) is 4.79 Å². The molecule has 1 fully saturated rings. The van der Waals surface area contributed by atoms with Crippen molar-refractivity contribution in [3.05, 3.63) is 71.9 Å². The Hall–Kier alpha value is -3.61. The van der Waals surface area contributed by atoms with Gasteiger partial charge >= 0.3 is 6.03 Å². The maximum Gasteiger partial charge on any atom is 0.325 e. The molecule has 1 saturated heterocycles. The van der Waals surface area contributed by atoms with Gasteiger partial charge in [0.25, 0.3) is 5.91 Å². The standard InChI is InChI=1S/C23H24N4O3/c1-2-23(17-8-4-3-5-9-17)21(29)27(22(30)26-23)15-20(28)24-13-12-16-14-25-19-11-7-6-10-18(16)19/h3-11,14,25H,2,12-13,15H2,1H3,(H,24,28)(H,26,30)/t23-/m0/s1. The van der Waals surface area contributed by atoms with Gasteiger partial charge in [0.1, 0.15) is 12.1 Å². The highest BCUT2D eigenvalue weighted by molar-refractivity contribution is 6.09. The van der Waals surface area contributed by atoms with E-state index in [-0.39, 0.29) is 12.5 Å². The van der Waals surface area contributed by atoms with E-state index >= 15 is 0 Å². The Morgan fingerprint density at radius 1 is 1.07 bits per heavy atom. The number of aromatic amines is 1. The molecule has 3 aromatic rings. The van der Waals surface area contributed by atoms with Gasteiger partial charge in [-0.2, -0.15) is 0 Å². The van der Waals surface area contributed by atoms with E-state index in [1.54, 1.807) is 0 Å². The summed E-state index contributed by atoms with van der Waals surface area (Å²) in [7, 11) is 0. The van der Waals surface area contributed by atoms with Gasteiger partial charge in [-0.3, -0.25) is 14.5 Å². The summed E-state index contributed by atoms with van der Waals surface area (Å²) in [5.41, 5.74) is 1.75. The number of amides is 4. The zero-order chi connectivity index (χ0) is 21.1. The van der Waals surface area contributed by atoms with E-state index in [4.69, 9.17) is 0 Å². The van der Waals surface area contributed by atoms with Gasteiger partial charge in [-0.15, -0.1) is 0 Å². The Morgan fingerprint density at radius 2 is 1.80 bits per heavy atom. The van der Waals surface area contributed by atoms with Crippen molar-refractivity contribution in [2.75, 3.05) is 13.1 Å². The van der Waals surface area contributed by atoms with Gasteiger partial charge in [0, 0.05) is 23.6 Å². The molecule has 1 atom stereocenters. The molecular formula is C23H24N4O3. The number of benzene rings is 2. The average Bonchev–Trinajstić information content (AvgIpc) is 3.29. The molecule has 0 radical (unpaired) electrons. The number of imide groups is 1. The van der Waals surface area contributed by atoms with Crippen LogP contribution >= 0.6 is 0 Å². The van der Waals surface area contributed by atoms with E-state index in [9.17, 15) is 14.4 Å². The lowest BCUT2D eigenvalue weighted by molar-refractivity contribution is -0.135. The van der Waals surface area contributed by atoms with Gasteiger partial charge < -0.3 is 15.6 Å². The molecule has 0 spiro atoms. The van der Waals surface area contributed by atoms with Crippen molar-refractivity contribution in [1.82, 2.24) is 20.5 Å². The van der Waals surface area contributed by atoms with Crippen LogP contribution in [0, 0.1) is 0 Å². The van der Waals surface area contributed by atoms with E-state index in [2.05, 4.69) is 15.6 Å². The van der Waals surface area contributed by atoms with Gasteiger partial charge in [-0.1, -0.05) is 55.5 Å². The molecule has 3 N–H and O–H groups in total. The lowest BCUT2D eigenvalue weighted by Gasteiger charge is -2.25. The van der Waals surface area contributed by atoms with Crippen molar-refractivity contribution in [2.45, 2.75) is 25.3 Å². The van der Waals surface area contributed by atoms with Crippen LogP contribution in [-0.2, 0) is 21.5 Å². The molecule has 0 unspecified atom stereocenters. The Morgan fingerprint density at radius 3 is 2.57 bits per heavy atom. The second-order valence-electron chi connectivity index (χ2n) is 7.41. The van der Waals surface area contributed by atoms with Crippen LogP contribution in [0.1, 0.15) is 24.5 Å². The fourth-order valence-corrected chi connectivity index (χ4v) is 4.01. The maximum absolute atomic E-state index is 13.1. The van der Waals surface area contributed by atoms with Crippen molar-refractivity contribution >= 4 is 28.7 Å². The molecule has 4 amide bonds. The number of nitrogens with zero attached hydrogens (tertiary/aromatic N) is 1. The number of aromatic nitrogens is 1. The van der Waals surface area contributed by atoms with Crippen LogP contribution in [0.3, 0.4) is 0 Å². The molecule has 0 bridgehead atoms. The molecule has 7 nitrogen and oxygen atoms in total. The Labute approximate surface area is 174 Å². The lowest BCUT2D eigenvalue weighted by atomic mass is 9.87. The van der Waals surface area contributed by atoms with Gasteiger partial charge in [-0.25, -0.2) is 4.79 Å². The number of hydrogen-bond acceptors (Lipinski definition) is 3. The normalized spacial score (nSPS) is 18.6. The summed E-state index contributed by atoms with van der Waals surface area (Å²) >= 11 is 0. The third-order valence-corrected chi connectivity index (χ3v) is 5.67. The predicted octanol–water partition coefficient (Wildman–Crippen LogP) is 2.68. The maximum atomic E-state index is 13.1. The number of fused-ring (bicyclic) bond motifs is 1. The molecule has 30 heavy (non-hydrogen) atoms. The Bertz CT molecular complexity index is 1090. The second kappa shape index (κ2) is 8.02. The lowest BCUT2D eigenvalue weighted by Crippen LogP contribution is -2.45. The van der Waals surface area contributed by atoms with E-state index < -0.39 is 17.5 Å². The minimum atomic E-state index is -1.12. The van der Waals surface area contributed by atoms with Crippen LogP contribution in [0.5, 0.6) is 0 Å². The van der Waals surface area contributed by atoms with E-state index in [1.807, 2.05) is 67.7 Å². The minimum Gasteiger partial charge on any atom is -0.361 e. The third-order valence-electron chi connectivity index (χ3n) is 5.67. The molecule has 1 aliphatic heterocycles. The van der Waals surface area contributed by atoms with E-state index in [1.165, 1.54) is 0 Å². The van der Waals surface area contributed by atoms with Crippen molar-refractivity contribution in [3.63, 3.8) is 0 Å². The molecule has 0 saturated carbocycles. The first-order valence-electron chi connectivity index (χ1n) is 10.1. The summed E-state index contributed by atoms with van der Waals surface area (Å²) in [5.74, 6) is -0.758. The van der Waals surface area contributed by atoms with E-state index in [0.29, 0.717) is 24.9 Å². The molecule has 2 aromatic carbocycles. The molecule has 0 aliphatic carbocycles. The number of carbonyl (C=O) groups is 3. The summed E-state index contributed by atoms with van der Waals surface area (Å²) < 4.78 is 0. The summed E-state index contributed by atoms with van der Waals surface area (Å²) in [6.07, 6.45) is 2.99. The zero-order valence-corrected chi connectivity index (χ0v) is 16.8. The summed E-state index contributed by atoms with van der Waals surface area (Å²) in [5, 5.41) is 6.72. The molecular weight excluding hydrogens is 380 g/mol. The molecule has 2 heterocycles. The smallest absolute Gasteiger partial charge is 0.325 e. The number of H-pyrrole nitrogens is 1. The van der Waals surface area contributed by atoms with Gasteiger partial charge in [0.15, 0.2) is 0 Å². The van der Waals surface area contributed by atoms with E-state index in [0.717, 1.165) is 21.4 Å². The van der Waals surface area contributed by atoms with Crippen LogP contribution in [0.25, 0.3) is 10.9 Å². The molecule has 154 valence electrons. The number of para-hydroxylation sites is 1. The van der Waals surface area contributed by atoms with Gasteiger partial charge in [0.2, 0.25) is 5.91 Å². The highest BCUT2D eigenvalue weighted by Crippen LogP contribution is 2.32. The first-order valence-corrected chi connectivity index (χ1v) is 10.1. The first-order chi connectivity index (χ1) is 14.5. The SMILES string of the molecule is CC[C@@]1(c2ccccc2)NC(=O)N(CC(=O)NCCc2c[nH]c3ccccc23)C1=O. The quantitative estimate of drug-likeness (QED) is 0.529. The fourth-order valence-electron chi connectivity index (χ4n) is 4.01. The summed E-state index contributed by atoms with van der Waals surface area (Å²) in [4.78, 5) is 42.2. The number of hydrogen-bond donors (Lipinski definition) is 3. The number of urea groups is 1. The largest absolute Gasteiger partial charge is 0.361 e. The van der Waals surface area contributed by atoms with Crippen molar-refractivity contribution in [2.24, 2.45) is 0 Å². The monoisotopic (exact) mass is 404 g/mol. The average molecular weight is 404 g/mol. The number of nitrogens with one attached hydrogen (secondary N) is 3. The molecule has 1 aliphatic rings. The van der Waals surface area contributed by atoms with Crippen LogP contribution in [0.15, 0.2) is 60.8 Å². The summed E-state index contributed by atoms with van der Waals surface area (Å²) in [6, 6.07) is 16.6. The molecule has 1 aromatic heterocycles. The molecule has 4 rings (SSSR count). The van der Waals surface area contributed by atoms with Gasteiger partial charge in [-0.05, 0) is 30.0 Å². The Balaban J connectivity index is 1.38. The van der Waals surface area contributed by atoms with Crippen LogP contribution in [-0.4, -0.2) is 40.8 Å². The van der Waals surface area contributed by atoms with Crippen molar-refractivity contribution in [1.29, 1.82) is 0 Å². The van der Waals surface area contributed by atoms with Crippen LogP contribution in [0.2, 0.25) is 0 Å². The minimum absolute atomic E-state index is 0.298. The van der Waals surface area contributed by atoms with Crippen LogP contribution < -0.4 is 10.6 Å². The predicted molar refractivity (Wildman–Crippen MR) is 114 cm³/mol. The summed E-state index contributed by atoms with van der Waals surface area (Å²) in [6.45, 7) is 1.96. The highest BCUT2D eigenvalue weighted by atomic mass is 16.2. The highest BCUT2D eigenvalue weighted by Gasteiger charge is 2.51. The van der Waals surface area contributed by atoms with Crippen molar-refractivity contribution < 1.29 is 14.4 Å². The number of rotatable bonds is 7. The van der Waals surface area contributed by atoms with Gasteiger partial charge in [0.05, 0.1) is 0 Å². The third kappa shape index (κ3) is 3.43. The fraction of sp³-hybridized carbons (Fsp3) is 0.261. The van der Waals surface area contributed by atoms with Crippen molar-refractivity contribution in [3.8, 4) is 0 Å². The molecule has 7 heteroatoms. The second-order valence-corrected chi connectivity index (χ2v) is 7.41. The first kappa shape index (κ1) is 19.7.